The van der Waals surface area contributed by atoms with E-state index in [1.54, 1.807) is 24.3 Å². The van der Waals surface area contributed by atoms with Gasteiger partial charge in [-0.2, -0.15) is 0 Å². The fourth-order valence-corrected chi connectivity index (χ4v) is 2.15. The van der Waals surface area contributed by atoms with E-state index in [2.05, 4.69) is 5.32 Å². The van der Waals surface area contributed by atoms with Crippen molar-refractivity contribution in [2.45, 2.75) is 20.8 Å². The summed E-state index contributed by atoms with van der Waals surface area (Å²) in [5, 5.41) is 2.73. The predicted molar refractivity (Wildman–Crippen MR) is 86.5 cm³/mol. The van der Waals surface area contributed by atoms with Gasteiger partial charge in [0.05, 0.1) is 0 Å². The van der Waals surface area contributed by atoms with Crippen LogP contribution < -0.4 is 10.1 Å². The first-order valence-electron chi connectivity index (χ1n) is 7.06. The van der Waals surface area contributed by atoms with E-state index in [0.717, 1.165) is 11.1 Å². The van der Waals surface area contributed by atoms with E-state index >= 15 is 0 Å². The number of ether oxygens (including phenoxy) is 1. The van der Waals surface area contributed by atoms with Crippen LogP contribution in [0.25, 0.3) is 0 Å². The van der Waals surface area contributed by atoms with Gasteiger partial charge in [-0.3, -0.25) is 9.59 Å². The molecule has 0 fully saturated rings. The number of carbonyl (C=O) groups excluding carboxylic acids is 2. The number of ketones is 1. The number of anilines is 1. The molecular formula is C18H19NO3. The van der Waals surface area contributed by atoms with Crippen molar-refractivity contribution >= 4 is 17.4 Å². The van der Waals surface area contributed by atoms with Gasteiger partial charge in [0.15, 0.2) is 12.4 Å². The fraction of sp³-hybridized carbons (Fsp3) is 0.222. The van der Waals surface area contributed by atoms with Gasteiger partial charge in [0.2, 0.25) is 0 Å². The number of rotatable bonds is 5. The zero-order chi connectivity index (χ0) is 16.1. The van der Waals surface area contributed by atoms with Crippen molar-refractivity contribution in [3.05, 3.63) is 59.2 Å². The highest BCUT2D eigenvalue weighted by Crippen LogP contribution is 2.16. The van der Waals surface area contributed by atoms with E-state index < -0.39 is 0 Å². The largest absolute Gasteiger partial charge is 0.484 e. The lowest BCUT2D eigenvalue weighted by Gasteiger charge is -2.09. The monoisotopic (exact) mass is 297 g/mol. The third-order valence-corrected chi connectivity index (χ3v) is 3.14. The standard InChI is InChI=1S/C18H19NO3/c1-12-8-13(2)10-17(9-12)22-11-18(21)19-16-6-4-15(5-7-16)14(3)20/h4-10H,11H2,1-3H3,(H,19,21). The summed E-state index contributed by atoms with van der Waals surface area (Å²) in [7, 11) is 0. The highest BCUT2D eigenvalue weighted by atomic mass is 16.5. The van der Waals surface area contributed by atoms with Crippen LogP contribution in [0.1, 0.15) is 28.4 Å². The molecule has 0 aliphatic heterocycles. The highest BCUT2D eigenvalue weighted by Gasteiger charge is 2.05. The van der Waals surface area contributed by atoms with Gasteiger partial charge in [-0.25, -0.2) is 0 Å². The molecule has 0 unspecified atom stereocenters. The maximum Gasteiger partial charge on any atom is 0.262 e. The third kappa shape index (κ3) is 4.45. The van der Waals surface area contributed by atoms with Crippen molar-refractivity contribution in [3.8, 4) is 5.75 Å². The predicted octanol–water partition coefficient (Wildman–Crippen LogP) is 3.52. The topological polar surface area (TPSA) is 55.4 Å². The summed E-state index contributed by atoms with van der Waals surface area (Å²) in [6.07, 6.45) is 0. The average Bonchev–Trinajstić information content (AvgIpc) is 2.45. The summed E-state index contributed by atoms with van der Waals surface area (Å²) in [6, 6.07) is 12.6. The Balaban J connectivity index is 1.91. The molecule has 0 saturated heterocycles. The molecule has 22 heavy (non-hydrogen) atoms. The number of benzene rings is 2. The molecule has 1 N–H and O–H groups in total. The highest BCUT2D eigenvalue weighted by molar-refractivity contribution is 5.95. The molecule has 0 saturated carbocycles. The molecule has 2 rings (SSSR count). The Kier molecular flexibility index (Phi) is 4.94. The van der Waals surface area contributed by atoms with E-state index in [1.165, 1.54) is 6.92 Å². The van der Waals surface area contributed by atoms with Crippen LogP contribution in [0.3, 0.4) is 0 Å². The van der Waals surface area contributed by atoms with Crippen LogP contribution in [0.5, 0.6) is 5.75 Å². The van der Waals surface area contributed by atoms with Crippen LogP contribution in [-0.4, -0.2) is 18.3 Å². The van der Waals surface area contributed by atoms with E-state index in [9.17, 15) is 9.59 Å². The van der Waals surface area contributed by atoms with Crippen LogP contribution in [0.4, 0.5) is 5.69 Å². The van der Waals surface area contributed by atoms with E-state index in [1.807, 2.05) is 32.0 Å². The summed E-state index contributed by atoms with van der Waals surface area (Å²) in [6.45, 7) is 5.41. The van der Waals surface area contributed by atoms with Crippen LogP contribution >= 0.6 is 0 Å². The minimum atomic E-state index is -0.241. The lowest BCUT2D eigenvalue weighted by molar-refractivity contribution is -0.118. The zero-order valence-corrected chi connectivity index (χ0v) is 13.0. The Morgan fingerprint density at radius 3 is 2.14 bits per heavy atom. The second kappa shape index (κ2) is 6.89. The molecule has 0 aliphatic carbocycles. The van der Waals surface area contributed by atoms with E-state index in [0.29, 0.717) is 17.0 Å². The molecule has 4 heteroatoms. The van der Waals surface area contributed by atoms with E-state index in [4.69, 9.17) is 4.74 Å². The first-order valence-corrected chi connectivity index (χ1v) is 7.06. The SMILES string of the molecule is CC(=O)c1ccc(NC(=O)COc2cc(C)cc(C)c2)cc1. The second-order valence-corrected chi connectivity index (χ2v) is 5.29. The Hall–Kier alpha value is -2.62. The Morgan fingerprint density at radius 1 is 1.00 bits per heavy atom. The summed E-state index contributed by atoms with van der Waals surface area (Å²) in [5.41, 5.74) is 3.44. The lowest BCUT2D eigenvalue weighted by Crippen LogP contribution is -2.20. The normalized spacial score (nSPS) is 10.1. The molecule has 2 aromatic carbocycles. The van der Waals surface area contributed by atoms with Crippen LogP contribution in [0.2, 0.25) is 0 Å². The molecule has 0 spiro atoms. The zero-order valence-electron chi connectivity index (χ0n) is 13.0. The van der Waals surface area contributed by atoms with Crippen LogP contribution in [0.15, 0.2) is 42.5 Å². The van der Waals surface area contributed by atoms with Gasteiger partial charge in [0, 0.05) is 11.3 Å². The van der Waals surface area contributed by atoms with Crippen molar-refractivity contribution in [2.24, 2.45) is 0 Å². The molecule has 114 valence electrons. The molecule has 0 aliphatic rings. The smallest absolute Gasteiger partial charge is 0.262 e. The van der Waals surface area contributed by atoms with Gasteiger partial charge < -0.3 is 10.1 Å². The minimum absolute atomic E-state index is 0.00368. The van der Waals surface area contributed by atoms with Crippen molar-refractivity contribution in [2.75, 3.05) is 11.9 Å². The van der Waals surface area contributed by atoms with Crippen LogP contribution in [0, 0.1) is 13.8 Å². The first-order chi connectivity index (χ1) is 10.4. The van der Waals surface area contributed by atoms with Crippen molar-refractivity contribution in [1.82, 2.24) is 0 Å². The molecule has 1 amide bonds. The van der Waals surface area contributed by atoms with Crippen molar-refractivity contribution in [3.63, 3.8) is 0 Å². The molecule has 0 aromatic heterocycles. The molecule has 2 aromatic rings. The molecular weight excluding hydrogens is 278 g/mol. The van der Waals surface area contributed by atoms with Gasteiger partial charge in [-0.1, -0.05) is 6.07 Å². The molecule has 0 bridgehead atoms. The molecule has 0 atom stereocenters. The Bertz CT molecular complexity index is 670. The van der Waals surface area contributed by atoms with E-state index in [-0.39, 0.29) is 18.3 Å². The lowest BCUT2D eigenvalue weighted by atomic mass is 10.1. The van der Waals surface area contributed by atoms with Crippen molar-refractivity contribution in [1.29, 1.82) is 0 Å². The quantitative estimate of drug-likeness (QED) is 0.859. The summed E-state index contributed by atoms with van der Waals surface area (Å²) >= 11 is 0. The summed E-state index contributed by atoms with van der Waals surface area (Å²) in [4.78, 5) is 23.1. The number of aryl methyl sites for hydroxylation is 2. The first kappa shape index (κ1) is 15.8. The minimum Gasteiger partial charge on any atom is -0.484 e. The van der Waals surface area contributed by atoms with Gasteiger partial charge in [0.1, 0.15) is 5.75 Å². The molecule has 4 nitrogen and oxygen atoms in total. The Labute approximate surface area is 130 Å². The number of amides is 1. The number of carbonyl (C=O) groups is 2. The number of Topliss-reactive ketones (excluding diaryl/α,β-unsaturated/α-hetero) is 1. The van der Waals surface area contributed by atoms with Gasteiger partial charge in [0.25, 0.3) is 5.91 Å². The van der Waals surface area contributed by atoms with Gasteiger partial charge in [-0.05, 0) is 68.3 Å². The maximum atomic E-state index is 11.9. The summed E-state index contributed by atoms with van der Waals surface area (Å²) in [5.74, 6) is 0.435. The molecule has 0 heterocycles. The Morgan fingerprint density at radius 2 is 1.59 bits per heavy atom. The second-order valence-electron chi connectivity index (χ2n) is 5.29. The number of hydrogen-bond donors (Lipinski definition) is 1. The fourth-order valence-electron chi connectivity index (χ4n) is 2.15. The number of hydrogen-bond acceptors (Lipinski definition) is 3. The average molecular weight is 297 g/mol. The maximum absolute atomic E-state index is 11.9. The van der Waals surface area contributed by atoms with Gasteiger partial charge in [-0.15, -0.1) is 0 Å². The number of nitrogens with one attached hydrogen (secondary N) is 1. The molecule has 0 radical (unpaired) electrons. The third-order valence-electron chi connectivity index (χ3n) is 3.14. The van der Waals surface area contributed by atoms with Crippen molar-refractivity contribution < 1.29 is 14.3 Å². The van der Waals surface area contributed by atoms with Gasteiger partial charge >= 0.3 is 0 Å². The van der Waals surface area contributed by atoms with Crippen LogP contribution in [-0.2, 0) is 4.79 Å². The summed E-state index contributed by atoms with van der Waals surface area (Å²) < 4.78 is 5.50.